The molecule has 0 N–H and O–H groups in total. The first-order valence-corrected chi connectivity index (χ1v) is 7.18. The zero-order valence-electron chi connectivity index (χ0n) is 12.6. The molecule has 0 unspecified atom stereocenters. The number of benzene rings is 1. The van der Waals surface area contributed by atoms with E-state index in [0.29, 0.717) is 24.6 Å². The Hall–Kier alpha value is -1.07. The molecule has 0 fully saturated rings. The molecule has 0 radical (unpaired) electrons. The van der Waals surface area contributed by atoms with Gasteiger partial charge in [-0.15, -0.1) is 12.6 Å². The van der Waals surface area contributed by atoms with Crippen molar-refractivity contribution in [3.8, 4) is 0 Å². The lowest BCUT2D eigenvalue weighted by Crippen LogP contribution is -2.39. The molecule has 0 saturated carbocycles. The fourth-order valence-corrected chi connectivity index (χ4v) is 2.08. The van der Waals surface area contributed by atoms with Crippen molar-refractivity contribution in [2.45, 2.75) is 18.7 Å². The molecule has 5 heteroatoms. The molecular formula is C15H23FN2OS. The van der Waals surface area contributed by atoms with Crippen LogP contribution in [0.5, 0.6) is 0 Å². The molecule has 0 spiro atoms. The summed E-state index contributed by atoms with van der Waals surface area (Å²) in [6.45, 7) is 6.29. The zero-order valence-corrected chi connectivity index (χ0v) is 13.5. The normalized spacial score (nSPS) is 11.2. The molecule has 0 aromatic heterocycles. The first kappa shape index (κ1) is 17.0. The molecule has 1 aromatic rings. The summed E-state index contributed by atoms with van der Waals surface area (Å²) in [5.74, 6) is -0.0959. The average molecular weight is 298 g/mol. The molecule has 112 valence electrons. The lowest BCUT2D eigenvalue weighted by atomic mass is 10.1. The van der Waals surface area contributed by atoms with Gasteiger partial charge in [-0.2, -0.15) is 0 Å². The molecule has 0 atom stereocenters. The fourth-order valence-electron chi connectivity index (χ4n) is 1.87. The van der Waals surface area contributed by atoms with E-state index in [0.717, 1.165) is 6.54 Å². The summed E-state index contributed by atoms with van der Waals surface area (Å²) in [6, 6.07) is 4.29. The van der Waals surface area contributed by atoms with Gasteiger partial charge in [0.05, 0.1) is 0 Å². The Kier molecular flexibility index (Phi) is 6.49. The third-order valence-electron chi connectivity index (χ3n) is 2.88. The van der Waals surface area contributed by atoms with Crippen LogP contribution in [0.1, 0.15) is 24.2 Å². The molecule has 0 aliphatic rings. The van der Waals surface area contributed by atoms with E-state index < -0.39 is 5.82 Å². The maximum Gasteiger partial charge on any atom is 0.253 e. The first-order valence-electron chi connectivity index (χ1n) is 6.73. The average Bonchev–Trinajstić information content (AvgIpc) is 2.36. The molecule has 1 rings (SSSR count). The van der Waals surface area contributed by atoms with Crippen LogP contribution >= 0.6 is 12.6 Å². The summed E-state index contributed by atoms with van der Waals surface area (Å²) in [7, 11) is 3.95. The van der Waals surface area contributed by atoms with E-state index >= 15 is 0 Å². The topological polar surface area (TPSA) is 23.6 Å². The number of thiol groups is 1. The van der Waals surface area contributed by atoms with Gasteiger partial charge in [0.25, 0.3) is 5.91 Å². The van der Waals surface area contributed by atoms with Crippen molar-refractivity contribution in [3.63, 3.8) is 0 Å². The summed E-state index contributed by atoms with van der Waals surface area (Å²) >= 11 is 4.03. The largest absolute Gasteiger partial charge is 0.337 e. The second-order valence-electron chi connectivity index (χ2n) is 5.61. The van der Waals surface area contributed by atoms with Crippen LogP contribution in [0.3, 0.4) is 0 Å². The number of amides is 1. The van der Waals surface area contributed by atoms with Gasteiger partial charge in [0.1, 0.15) is 5.82 Å². The highest BCUT2D eigenvalue weighted by atomic mass is 32.1. The van der Waals surface area contributed by atoms with Gasteiger partial charge >= 0.3 is 0 Å². The zero-order chi connectivity index (χ0) is 15.3. The highest BCUT2D eigenvalue weighted by Crippen LogP contribution is 2.16. The third-order valence-corrected chi connectivity index (χ3v) is 3.23. The van der Waals surface area contributed by atoms with Gasteiger partial charge < -0.3 is 9.80 Å². The highest BCUT2D eigenvalue weighted by Gasteiger charge is 2.17. The lowest BCUT2D eigenvalue weighted by Gasteiger charge is -2.26. The molecule has 0 aliphatic heterocycles. The minimum Gasteiger partial charge on any atom is -0.337 e. The predicted molar refractivity (Wildman–Crippen MR) is 82.9 cm³/mol. The van der Waals surface area contributed by atoms with Gasteiger partial charge in [-0.05, 0) is 38.2 Å². The summed E-state index contributed by atoms with van der Waals surface area (Å²) < 4.78 is 13.2. The Labute approximate surface area is 126 Å². The Balaban J connectivity index is 2.87. The van der Waals surface area contributed by atoms with Crippen molar-refractivity contribution in [2.75, 3.05) is 33.7 Å². The number of hydrogen-bond acceptors (Lipinski definition) is 3. The number of likely N-dealkylation sites (N-methyl/N-ethyl adjacent to an activating group) is 1. The molecule has 1 aromatic carbocycles. The molecule has 0 bridgehead atoms. The van der Waals surface area contributed by atoms with Gasteiger partial charge in [0.2, 0.25) is 0 Å². The molecular weight excluding hydrogens is 275 g/mol. The molecule has 0 saturated heterocycles. The monoisotopic (exact) mass is 298 g/mol. The van der Waals surface area contributed by atoms with Crippen LogP contribution in [0.4, 0.5) is 4.39 Å². The minimum atomic E-state index is -0.409. The van der Waals surface area contributed by atoms with Crippen molar-refractivity contribution >= 4 is 18.5 Å². The van der Waals surface area contributed by atoms with E-state index in [1.165, 1.54) is 18.2 Å². The van der Waals surface area contributed by atoms with Crippen molar-refractivity contribution in [1.82, 2.24) is 9.80 Å². The minimum absolute atomic E-state index is 0.0733. The summed E-state index contributed by atoms with van der Waals surface area (Å²) in [5, 5.41) is 0. The van der Waals surface area contributed by atoms with Crippen LogP contribution in [-0.2, 0) is 0 Å². The number of carbonyl (C=O) groups excluding carboxylic acids is 1. The van der Waals surface area contributed by atoms with Crippen molar-refractivity contribution < 1.29 is 9.18 Å². The Morgan fingerprint density at radius 2 is 1.95 bits per heavy atom. The van der Waals surface area contributed by atoms with Gasteiger partial charge in [-0.25, -0.2) is 4.39 Å². The smallest absolute Gasteiger partial charge is 0.253 e. The van der Waals surface area contributed by atoms with E-state index in [9.17, 15) is 9.18 Å². The standard InChI is InChI=1S/C15H23FN2OS/c1-11(2)10-18(8-7-17(3)4)15(19)12-5-6-13(16)14(20)9-12/h5-6,9,11,20H,7-8,10H2,1-4H3. The quantitative estimate of drug-likeness (QED) is 0.816. The molecule has 0 aliphatic carbocycles. The van der Waals surface area contributed by atoms with Gasteiger partial charge in [-0.3, -0.25) is 4.79 Å². The summed E-state index contributed by atoms with van der Waals surface area (Å²) in [5.41, 5.74) is 0.482. The predicted octanol–water partition coefficient (Wildman–Crippen LogP) is 2.77. The number of hydrogen-bond donors (Lipinski definition) is 1. The molecule has 3 nitrogen and oxygen atoms in total. The van der Waals surface area contributed by atoms with Crippen LogP contribution < -0.4 is 0 Å². The Morgan fingerprint density at radius 3 is 2.45 bits per heavy atom. The van der Waals surface area contributed by atoms with E-state index in [1.807, 2.05) is 23.9 Å². The van der Waals surface area contributed by atoms with Crippen LogP contribution in [0.2, 0.25) is 0 Å². The summed E-state index contributed by atoms with van der Waals surface area (Å²) in [4.78, 5) is 16.6. The van der Waals surface area contributed by atoms with Gasteiger partial charge in [0.15, 0.2) is 0 Å². The van der Waals surface area contributed by atoms with Gasteiger partial charge in [-0.1, -0.05) is 13.8 Å². The third kappa shape index (κ3) is 5.13. The van der Waals surface area contributed by atoms with Crippen LogP contribution in [0.25, 0.3) is 0 Å². The SMILES string of the molecule is CC(C)CN(CCN(C)C)C(=O)c1ccc(F)c(S)c1. The van der Waals surface area contributed by atoms with E-state index in [4.69, 9.17) is 0 Å². The van der Waals surface area contributed by atoms with Crippen molar-refractivity contribution in [3.05, 3.63) is 29.6 Å². The molecule has 1 amide bonds. The van der Waals surface area contributed by atoms with Crippen molar-refractivity contribution in [1.29, 1.82) is 0 Å². The second-order valence-corrected chi connectivity index (χ2v) is 6.10. The van der Waals surface area contributed by atoms with Crippen LogP contribution in [0.15, 0.2) is 23.1 Å². The summed E-state index contributed by atoms with van der Waals surface area (Å²) in [6.07, 6.45) is 0. The maximum absolute atomic E-state index is 13.2. The van der Waals surface area contributed by atoms with E-state index in [1.54, 1.807) is 0 Å². The van der Waals surface area contributed by atoms with E-state index in [-0.39, 0.29) is 10.8 Å². The maximum atomic E-state index is 13.2. The number of rotatable bonds is 6. The Bertz CT molecular complexity index is 463. The first-order chi connectivity index (χ1) is 9.31. The highest BCUT2D eigenvalue weighted by molar-refractivity contribution is 7.80. The van der Waals surface area contributed by atoms with Crippen LogP contribution in [0, 0.1) is 11.7 Å². The number of carbonyl (C=O) groups is 1. The molecule has 20 heavy (non-hydrogen) atoms. The number of nitrogens with zero attached hydrogens (tertiary/aromatic N) is 2. The lowest BCUT2D eigenvalue weighted by molar-refractivity contribution is 0.0724. The second kappa shape index (κ2) is 7.64. The molecule has 0 heterocycles. The van der Waals surface area contributed by atoms with Gasteiger partial charge in [0, 0.05) is 30.1 Å². The fraction of sp³-hybridized carbons (Fsp3) is 0.533. The van der Waals surface area contributed by atoms with Crippen molar-refractivity contribution in [2.24, 2.45) is 5.92 Å². The Morgan fingerprint density at radius 1 is 1.30 bits per heavy atom. The van der Waals surface area contributed by atoms with E-state index in [2.05, 4.69) is 26.5 Å². The number of halogens is 1. The van der Waals surface area contributed by atoms with Crippen LogP contribution in [-0.4, -0.2) is 49.4 Å².